The maximum atomic E-state index is 12.8. The first-order valence-corrected chi connectivity index (χ1v) is 8.49. The smallest absolute Gasteiger partial charge is 0.321 e. The maximum Gasteiger partial charge on any atom is 0.321 e. The molecule has 1 aliphatic rings. The molecule has 1 atom stereocenters. The molecule has 0 aliphatic heterocycles. The van der Waals surface area contributed by atoms with Crippen LogP contribution in [0, 0.1) is 5.82 Å². The molecular formula is C18H23FN2O4. The van der Waals surface area contributed by atoms with E-state index in [0.29, 0.717) is 6.42 Å². The van der Waals surface area contributed by atoms with Gasteiger partial charge in [-0.2, -0.15) is 0 Å². The van der Waals surface area contributed by atoms with Crippen LogP contribution in [0.2, 0.25) is 0 Å². The van der Waals surface area contributed by atoms with E-state index in [1.807, 2.05) is 0 Å². The molecule has 1 fully saturated rings. The third kappa shape index (κ3) is 6.52. The van der Waals surface area contributed by atoms with Crippen molar-refractivity contribution < 1.29 is 23.5 Å². The van der Waals surface area contributed by atoms with Gasteiger partial charge >= 0.3 is 12.0 Å². The normalized spacial score (nSPS) is 15.4. The average Bonchev–Trinajstić information content (AvgIpc) is 3.07. The van der Waals surface area contributed by atoms with E-state index >= 15 is 0 Å². The molecule has 6 nitrogen and oxygen atoms in total. The summed E-state index contributed by atoms with van der Waals surface area (Å²) in [7, 11) is 0. The summed E-state index contributed by atoms with van der Waals surface area (Å²) in [4.78, 5) is 35.4. The quantitative estimate of drug-likeness (QED) is 0.772. The van der Waals surface area contributed by atoms with E-state index in [-0.39, 0.29) is 18.3 Å². The lowest BCUT2D eigenvalue weighted by molar-refractivity contribution is -0.154. The summed E-state index contributed by atoms with van der Waals surface area (Å²) in [6.45, 7) is 1.41. The van der Waals surface area contributed by atoms with E-state index in [0.717, 1.165) is 31.2 Å². The minimum absolute atomic E-state index is 0.0670. The molecule has 3 amide bonds. The van der Waals surface area contributed by atoms with Crippen LogP contribution in [0.3, 0.4) is 0 Å². The topological polar surface area (TPSA) is 84.5 Å². The third-order valence-electron chi connectivity index (χ3n) is 4.14. The van der Waals surface area contributed by atoms with E-state index in [4.69, 9.17) is 4.74 Å². The highest BCUT2D eigenvalue weighted by atomic mass is 19.1. The summed E-state index contributed by atoms with van der Waals surface area (Å²) < 4.78 is 17.8. The lowest BCUT2D eigenvalue weighted by Gasteiger charge is -2.15. The predicted octanol–water partition coefficient (Wildman–Crippen LogP) is 2.46. The number of esters is 1. The molecule has 0 heterocycles. The minimum Gasteiger partial charge on any atom is -0.453 e. The van der Waals surface area contributed by atoms with Gasteiger partial charge in [-0.1, -0.05) is 25.0 Å². The predicted molar refractivity (Wildman–Crippen MR) is 89.2 cm³/mol. The monoisotopic (exact) mass is 350 g/mol. The number of benzene rings is 1. The van der Waals surface area contributed by atoms with Gasteiger partial charge in [0.25, 0.3) is 5.91 Å². The van der Waals surface area contributed by atoms with Crippen LogP contribution in [-0.2, 0) is 20.7 Å². The van der Waals surface area contributed by atoms with Crippen LogP contribution in [0.25, 0.3) is 0 Å². The number of urea groups is 1. The number of amides is 3. The van der Waals surface area contributed by atoms with Crippen molar-refractivity contribution in [2.75, 3.05) is 0 Å². The van der Waals surface area contributed by atoms with Crippen LogP contribution in [0.5, 0.6) is 0 Å². The van der Waals surface area contributed by atoms with Gasteiger partial charge in [0.1, 0.15) is 5.82 Å². The highest BCUT2D eigenvalue weighted by Crippen LogP contribution is 2.17. The van der Waals surface area contributed by atoms with Crippen LogP contribution in [-0.4, -0.2) is 30.1 Å². The zero-order chi connectivity index (χ0) is 18.2. The average molecular weight is 350 g/mol. The first-order chi connectivity index (χ1) is 11.9. The van der Waals surface area contributed by atoms with E-state index in [9.17, 15) is 18.8 Å². The number of aryl methyl sites for hydroxylation is 1. The molecule has 0 saturated heterocycles. The Kier molecular flexibility index (Phi) is 6.91. The van der Waals surface area contributed by atoms with E-state index in [2.05, 4.69) is 10.6 Å². The molecular weight excluding hydrogens is 327 g/mol. The van der Waals surface area contributed by atoms with Crippen molar-refractivity contribution in [2.45, 2.75) is 57.6 Å². The Morgan fingerprint density at radius 3 is 2.48 bits per heavy atom. The van der Waals surface area contributed by atoms with Crippen LogP contribution >= 0.6 is 0 Å². The summed E-state index contributed by atoms with van der Waals surface area (Å²) in [5.74, 6) is -1.55. The van der Waals surface area contributed by atoms with Gasteiger partial charge in [-0.05, 0) is 43.9 Å². The lowest BCUT2D eigenvalue weighted by Crippen LogP contribution is -2.47. The van der Waals surface area contributed by atoms with Gasteiger partial charge in [0.15, 0.2) is 6.10 Å². The SMILES string of the molecule is C[C@H](OC(=O)CCc1ccc(F)cc1)C(=O)NC(=O)NC1CCCC1. The first kappa shape index (κ1) is 18.9. The van der Waals surface area contributed by atoms with Crippen molar-refractivity contribution in [3.8, 4) is 0 Å². The Labute approximate surface area is 146 Å². The van der Waals surface area contributed by atoms with Crippen molar-refractivity contribution in [3.63, 3.8) is 0 Å². The number of carbonyl (C=O) groups excluding carboxylic acids is 3. The largest absolute Gasteiger partial charge is 0.453 e. The first-order valence-electron chi connectivity index (χ1n) is 8.49. The van der Waals surface area contributed by atoms with Crippen LogP contribution in [0.1, 0.15) is 44.6 Å². The number of hydrogen-bond donors (Lipinski definition) is 2. The molecule has 1 saturated carbocycles. The number of carbonyl (C=O) groups is 3. The Bertz CT molecular complexity index is 612. The molecule has 7 heteroatoms. The number of halogens is 1. The number of ether oxygens (including phenoxy) is 1. The molecule has 1 aromatic carbocycles. The summed E-state index contributed by atoms with van der Waals surface area (Å²) in [6.07, 6.45) is 3.36. The molecule has 25 heavy (non-hydrogen) atoms. The molecule has 1 aromatic rings. The molecule has 0 aromatic heterocycles. The highest BCUT2D eigenvalue weighted by Gasteiger charge is 2.22. The Hall–Kier alpha value is -2.44. The standard InChI is InChI=1S/C18H23FN2O4/c1-12(17(23)21-18(24)20-15-4-2-3-5-15)25-16(22)11-8-13-6-9-14(19)10-7-13/h6-7,9-10,12,15H,2-5,8,11H2,1H3,(H2,20,21,23,24)/t12-/m0/s1. The van der Waals surface area contributed by atoms with Gasteiger partial charge in [-0.15, -0.1) is 0 Å². The molecule has 1 aliphatic carbocycles. The second-order valence-electron chi connectivity index (χ2n) is 6.20. The number of rotatable bonds is 6. The summed E-state index contributed by atoms with van der Waals surface area (Å²) >= 11 is 0. The zero-order valence-electron chi connectivity index (χ0n) is 14.2. The van der Waals surface area contributed by atoms with E-state index in [1.54, 1.807) is 12.1 Å². The van der Waals surface area contributed by atoms with Gasteiger partial charge in [0, 0.05) is 12.5 Å². The Balaban J connectivity index is 1.69. The van der Waals surface area contributed by atoms with Gasteiger partial charge in [0.05, 0.1) is 0 Å². The van der Waals surface area contributed by atoms with Crippen molar-refractivity contribution >= 4 is 17.9 Å². The summed E-state index contributed by atoms with van der Waals surface area (Å²) in [5.41, 5.74) is 0.798. The van der Waals surface area contributed by atoms with Crippen molar-refractivity contribution in [1.82, 2.24) is 10.6 Å². The number of nitrogens with one attached hydrogen (secondary N) is 2. The molecule has 0 spiro atoms. The van der Waals surface area contributed by atoms with Crippen LogP contribution in [0.4, 0.5) is 9.18 Å². The highest BCUT2D eigenvalue weighted by molar-refractivity contribution is 5.97. The molecule has 0 unspecified atom stereocenters. The Morgan fingerprint density at radius 2 is 1.84 bits per heavy atom. The lowest BCUT2D eigenvalue weighted by atomic mass is 10.1. The molecule has 136 valence electrons. The van der Waals surface area contributed by atoms with Gasteiger partial charge in [-0.3, -0.25) is 14.9 Å². The second-order valence-corrected chi connectivity index (χ2v) is 6.20. The number of hydrogen-bond acceptors (Lipinski definition) is 4. The van der Waals surface area contributed by atoms with Crippen molar-refractivity contribution in [2.24, 2.45) is 0 Å². The second kappa shape index (κ2) is 9.15. The number of imide groups is 1. The van der Waals surface area contributed by atoms with Gasteiger partial charge < -0.3 is 10.1 Å². The van der Waals surface area contributed by atoms with Gasteiger partial charge in [-0.25, -0.2) is 9.18 Å². The minimum atomic E-state index is -1.06. The maximum absolute atomic E-state index is 12.8. The summed E-state index contributed by atoms with van der Waals surface area (Å²) in [5, 5.41) is 4.91. The zero-order valence-corrected chi connectivity index (χ0v) is 14.2. The molecule has 0 radical (unpaired) electrons. The van der Waals surface area contributed by atoms with Crippen molar-refractivity contribution in [3.05, 3.63) is 35.6 Å². The fraction of sp³-hybridized carbons (Fsp3) is 0.500. The molecule has 2 rings (SSSR count). The Morgan fingerprint density at radius 1 is 1.20 bits per heavy atom. The molecule has 0 bridgehead atoms. The van der Waals surface area contributed by atoms with Crippen LogP contribution < -0.4 is 10.6 Å². The van der Waals surface area contributed by atoms with Crippen LogP contribution in [0.15, 0.2) is 24.3 Å². The van der Waals surface area contributed by atoms with E-state index in [1.165, 1.54) is 19.1 Å². The fourth-order valence-electron chi connectivity index (χ4n) is 2.71. The van der Waals surface area contributed by atoms with Crippen molar-refractivity contribution in [1.29, 1.82) is 0 Å². The van der Waals surface area contributed by atoms with E-state index < -0.39 is 24.0 Å². The molecule has 2 N–H and O–H groups in total. The van der Waals surface area contributed by atoms with Gasteiger partial charge in [0.2, 0.25) is 0 Å². The third-order valence-corrected chi connectivity index (χ3v) is 4.14. The summed E-state index contributed by atoms with van der Waals surface area (Å²) in [6, 6.07) is 5.35. The fourth-order valence-corrected chi connectivity index (χ4v) is 2.71.